The van der Waals surface area contributed by atoms with Gasteiger partial charge in [0.05, 0.1) is 16.8 Å². The number of hydrogen-bond donors (Lipinski definition) is 2. The van der Waals surface area contributed by atoms with Crippen LogP contribution >= 0.6 is 11.3 Å². The largest absolute Gasteiger partial charge is 0.494 e. The molecule has 0 fully saturated rings. The minimum absolute atomic E-state index is 0.0660. The van der Waals surface area contributed by atoms with E-state index in [1.807, 2.05) is 42.5 Å². The third-order valence-corrected chi connectivity index (χ3v) is 4.25. The SMILES string of the molecule is O=c1[nH]c(O)c(Cc2ccc(OCCON=Cc3ccccn3)cc2)s1. The lowest BCUT2D eigenvalue weighted by molar-refractivity contribution is 0.108. The molecule has 2 aromatic heterocycles. The second-order valence-electron chi connectivity index (χ2n) is 5.28. The molecule has 3 rings (SSSR count). The molecule has 0 aliphatic heterocycles. The lowest BCUT2D eigenvalue weighted by Crippen LogP contribution is -2.04. The molecular weight excluding hydrogens is 354 g/mol. The van der Waals surface area contributed by atoms with Gasteiger partial charge in [-0.1, -0.05) is 34.7 Å². The van der Waals surface area contributed by atoms with Gasteiger partial charge in [0.25, 0.3) is 0 Å². The lowest BCUT2D eigenvalue weighted by atomic mass is 10.1. The summed E-state index contributed by atoms with van der Waals surface area (Å²) >= 11 is 1.01. The van der Waals surface area contributed by atoms with Crippen molar-refractivity contribution in [1.29, 1.82) is 0 Å². The number of rotatable bonds is 8. The first kappa shape index (κ1) is 17.7. The van der Waals surface area contributed by atoms with Crippen LogP contribution < -0.4 is 9.61 Å². The van der Waals surface area contributed by atoms with Crippen molar-refractivity contribution in [2.75, 3.05) is 13.2 Å². The molecule has 8 heteroatoms. The Morgan fingerprint density at radius 3 is 2.73 bits per heavy atom. The third kappa shape index (κ3) is 5.18. The fourth-order valence-corrected chi connectivity index (χ4v) is 2.91. The van der Waals surface area contributed by atoms with Crippen molar-refractivity contribution in [2.24, 2.45) is 5.16 Å². The Kier molecular flexibility index (Phi) is 6.00. The standard InChI is InChI=1S/C18H17N3O4S/c22-17-16(26-18(23)21-17)11-13-4-6-15(7-5-13)24-9-10-25-20-12-14-3-1-2-8-19-14/h1-8,12,22H,9-11H2,(H,21,23). The molecule has 2 N–H and O–H groups in total. The summed E-state index contributed by atoms with van der Waals surface area (Å²) in [6.07, 6.45) is 3.71. The number of oxime groups is 1. The van der Waals surface area contributed by atoms with E-state index in [2.05, 4.69) is 15.1 Å². The quantitative estimate of drug-likeness (QED) is 0.360. The Morgan fingerprint density at radius 1 is 1.19 bits per heavy atom. The molecule has 0 aliphatic carbocycles. The van der Waals surface area contributed by atoms with Crippen LogP contribution in [0.5, 0.6) is 11.6 Å². The van der Waals surface area contributed by atoms with E-state index in [1.54, 1.807) is 12.4 Å². The number of benzene rings is 1. The van der Waals surface area contributed by atoms with E-state index in [9.17, 15) is 9.90 Å². The summed E-state index contributed by atoms with van der Waals surface area (Å²) in [6, 6.07) is 13.0. The van der Waals surface area contributed by atoms with Gasteiger partial charge in [-0.05, 0) is 29.8 Å². The molecule has 0 radical (unpaired) electrons. The number of aromatic amines is 1. The molecule has 0 amide bonds. The minimum Gasteiger partial charge on any atom is -0.494 e. The number of nitrogens with zero attached hydrogens (tertiary/aromatic N) is 2. The number of pyridine rings is 1. The molecule has 134 valence electrons. The van der Waals surface area contributed by atoms with E-state index in [0.29, 0.717) is 30.3 Å². The molecule has 3 aromatic rings. The average Bonchev–Trinajstić information content (AvgIpc) is 2.97. The van der Waals surface area contributed by atoms with Crippen LogP contribution in [0, 0.1) is 0 Å². The normalized spacial score (nSPS) is 10.9. The van der Waals surface area contributed by atoms with E-state index in [1.165, 1.54) is 0 Å². The number of aromatic nitrogens is 2. The van der Waals surface area contributed by atoms with Crippen LogP contribution in [-0.4, -0.2) is 34.5 Å². The Hall–Kier alpha value is -3.13. The fourth-order valence-electron chi connectivity index (χ4n) is 2.15. The van der Waals surface area contributed by atoms with Crippen LogP contribution in [0.15, 0.2) is 58.6 Å². The number of thiazole rings is 1. The van der Waals surface area contributed by atoms with Crippen LogP contribution in [0.1, 0.15) is 16.1 Å². The van der Waals surface area contributed by atoms with Crippen LogP contribution in [0.2, 0.25) is 0 Å². The summed E-state index contributed by atoms with van der Waals surface area (Å²) < 4.78 is 5.57. The van der Waals surface area contributed by atoms with E-state index >= 15 is 0 Å². The first-order chi connectivity index (χ1) is 12.7. The van der Waals surface area contributed by atoms with Gasteiger partial charge in [-0.15, -0.1) is 0 Å². The summed E-state index contributed by atoms with van der Waals surface area (Å²) in [4.78, 5) is 23.1. The van der Waals surface area contributed by atoms with Gasteiger partial charge in [0.1, 0.15) is 12.4 Å². The Bertz CT molecular complexity index is 904. The van der Waals surface area contributed by atoms with Gasteiger partial charge in [-0.2, -0.15) is 0 Å². The second-order valence-corrected chi connectivity index (χ2v) is 6.35. The Balaban J connectivity index is 1.41. The number of nitrogens with one attached hydrogen (secondary N) is 1. The molecule has 26 heavy (non-hydrogen) atoms. The van der Waals surface area contributed by atoms with Crippen molar-refractivity contribution in [3.05, 3.63) is 74.5 Å². The highest BCUT2D eigenvalue weighted by Crippen LogP contribution is 2.21. The molecule has 0 unspecified atom stereocenters. The van der Waals surface area contributed by atoms with Crippen LogP contribution in [0.25, 0.3) is 0 Å². The molecule has 7 nitrogen and oxygen atoms in total. The van der Waals surface area contributed by atoms with Gasteiger partial charge in [0.15, 0.2) is 6.61 Å². The Labute approximate surface area is 153 Å². The molecule has 2 heterocycles. The van der Waals surface area contributed by atoms with Crippen molar-refractivity contribution in [3.63, 3.8) is 0 Å². The summed E-state index contributed by atoms with van der Waals surface area (Å²) in [5, 5.41) is 13.4. The minimum atomic E-state index is -0.261. The molecule has 0 saturated heterocycles. The fraction of sp³-hybridized carbons (Fsp3) is 0.167. The van der Waals surface area contributed by atoms with Crippen molar-refractivity contribution in [1.82, 2.24) is 9.97 Å². The topological polar surface area (TPSA) is 96.8 Å². The zero-order valence-electron chi connectivity index (χ0n) is 13.8. The molecule has 0 bridgehead atoms. The average molecular weight is 371 g/mol. The Morgan fingerprint density at radius 2 is 2.04 bits per heavy atom. The number of aromatic hydroxyl groups is 1. The van der Waals surface area contributed by atoms with E-state index in [4.69, 9.17) is 9.57 Å². The molecule has 0 aliphatic rings. The smallest absolute Gasteiger partial charge is 0.307 e. The zero-order chi connectivity index (χ0) is 18.2. The van der Waals surface area contributed by atoms with Crippen molar-refractivity contribution >= 4 is 17.6 Å². The van der Waals surface area contributed by atoms with E-state index in [-0.39, 0.29) is 10.8 Å². The summed E-state index contributed by atoms with van der Waals surface area (Å²) in [6.45, 7) is 0.676. The van der Waals surface area contributed by atoms with Crippen molar-refractivity contribution in [3.8, 4) is 11.6 Å². The predicted molar refractivity (Wildman–Crippen MR) is 99.1 cm³/mol. The maximum absolute atomic E-state index is 11.2. The van der Waals surface area contributed by atoms with Gasteiger partial charge >= 0.3 is 4.87 Å². The van der Waals surface area contributed by atoms with Crippen LogP contribution in [-0.2, 0) is 11.3 Å². The van der Waals surface area contributed by atoms with Gasteiger partial charge in [0.2, 0.25) is 5.88 Å². The summed E-state index contributed by atoms with van der Waals surface area (Å²) in [5.74, 6) is 0.640. The first-order valence-corrected chi connectivity index (χ1v) is 8.71. The van der Waals surface area contributed by atoms with Crippen LogP contribution in [0.3, 0.4) is 0 Å². The molecule has 0 spiro atoms. The van der Waals surface area contributed by atoms with Crippen molar-refractivity contribution in [2.45, 2.75) is 6.42 Å². The highest BCUT2D eigenvalue weighted by Gasteiger charge is 2.07. The van der Waals surface area contributed by atoms with Gasteiger partial charge < -0.3 is 14.7 Å². The maximum Gasteiger partial charge on any atom is 0.307 e. The molecule has 1 aromatic carbocycles. The number of H-pyrrole nitrogens is 1. The number of hydrogen-bond acceptors (Lipinski definition) is 7. The first-order valence-electron chi connectivity index (χ1n) is 7.90. The zero-order valence-corrected chi connectivity index (χ0v) is 14.6. The molecular formula is C18H17N3O4S. The molecule has 0 atom stereocenters. The predicted octanol–water partition coefficient (Wildman–Crippen LogP) is 2.56. The summed E-state index contributed by atoms with van der Waals surface area (Å²) in [7, 11) is 0. The number of ether oxygens (including phenoxy) is 1. The lowest BCUT2D eigenvalue weighted by Gasteiger charge is -2.06. The van der Waals surface area contributed by atoms with Crippen LogP contribution in [0.4, 0.5) is 0 Å². The second kappa shape index (κ2) is 8.82. The maximum atomic E-state index is 11.2. The van der Waals surface area contributed by atoms with E-state index in [0.717, 1.165) is 22.6 Å². The third-order valence-electron chi connectivity index (χ3n) is 3.38. The van der Waals surface area contributed by atoms with Gasteiger partial charge in [0, 0.05) is 12.6 Å². The van der Waals surface area contributed by atoms with Crippen molar-refractivity contribution < 1.29 is 14.7 Å². The summed E-state index contributed by atoms with van der Waals surface area (Å²) in [5.41, 5.74) is 1.70. The van der Waals surface area contributed by atoms with E-state index < -0.39 is 0 Å². The monoisotopic (exact) mass is 371 g/mol. The van der Waals surface area contributed by atoms with Gasteiger partial charge in [-0.25, -0.2) is 0 Å². The highest BCUT2D eigenvalue weighted by atomic mass is 32.1. The van der Waals surface area contributed by atoms with Gasteiger partial charge in [-0.3, -0.25) is 14.8 Å². The molecule has 0 saturated carbocycles. The highest BCUT2D eigenvalue weighted by molar-refractivity contribution is 7.09.